The number of hydrogen-bond donors (Lipinski definition) is 0. The summed E-state index contributed by atoms with van der Waals surface area (Å²) in [5.41, 5.74) is 0.992. The molecule has 0 spiro atoms. The van der Waals surface area contributed by atoms with Crippen LogP contribution in [0.1, 0.15) is 5.56 Å². The van der Waals surface area contributed by atoms with Gasteiger partial charge in [0.05, 0.1) is 0 Å². The van der Waals surface area contributed by atoms with E-state index in [0.29, 0.717) is 17.5 Å². The molecule has 82 valence electrons. The highest BCUT2D eigenvalue weighted by Crippen LogP contribution is 2.18. The Morgan fingerprint density at radius 2 is 1.69 bits per heavy atom. The van der Waals surface area contributed by atoms with Crippen molar-refractivity contribution in [2.75, 3.05) is 0 Å². The van der Waals surface area contributed by atoms with Crippen LogP contribution in [-0.4, -0.2) is 9.97 Å². The van der Waals surface area contributed by atoms with E-state index in [-0.39, 0.29) is 5.15 Å². The molecular weight excluding hydrogens is 247 g/mol. The normalized spacial score (nSPS) is 10.1. The van der Waals surface area contributed by atoms with E-state index in [2.05, 4.69) is 9.97 Å². The minimum Gasteiger partial charge on any atom is -0.471 e. The Kier molecular flexibility index (Phi) is 3.59. The summed E-state index contributed by atoms with van der Waals surface area (Å²) in [5, 5.41) is 0.956. The molecule has 0 atom stereocenters. The van der Waals surface area contributed by atoms with Crippen LogP contribution in [0.2, 0.25) is 10.2 Å². The monoisotopic (exact) mass is 254 g/mol. The first-order chi connectivity index (χ1) is 7.75. The molecule has 1 aromatic carbocycles. The number of ether oxygens (including phenoxy) is 1. The molecule has 1 heterocycles. The van der Waals surface area contributed by atoms with Crippen LogP contribution in [0.5, 0.6) is 5.88 Å². The summed E-state index contributed by atoms with van der Waals surface area (Å²) in [5.74, 6) is 0.333. The molecule has 1 aromatic heterocycles. The molecule has 16 heavy (non-hydrogen) atoms. The van der Waals surface area contributed by atoms with E-state index in [4.69, 9.17) is 27.9 Å². The Bertz CT molecular complexity index is 474. The fourth-order valence-electron chi connectivity index (χ4n) is 1.14. The Labute approximate surface area is 103 Å². The van der Waals surface area contributed by atoms with Crippen molar-refractivity contribution in [1.82, 2.24) is 9.97 Å². The number of hydrogen-bond acceptors (Lipinski definition) is 3. The van der Waals surface area contributed by atoms with Gasteiger partial charge < -0.3 is 4.74 Å². The summed E-state index contributed by atoms with van der Waals surface area (Å²) in [4.78, 5) is 7.83. The largest absolute Gasteiger partial charge is 0.471 e. The number of benzene rings is 1. The van der Waals surface area contributed by atoms with Crippen molar-refractivity contribution >= 4 is 23.2 Å². The van der Waals surface area contributed by atoms with Gasteiger partial charge in [-0.2, -0.15) is 0 Å². The van der Waals surface area contributed by atoms with E-state index in [9.17, 15) is 0 Å². The van der Waals surface area contributed by atoms with Crippen molar-refractivity contribution in [2.24, 2.45) is 0 Å². The van der Waals surface area contributed by atoms with Crippen LogP contribution in [0.25, 0.3) is 0 Å². The van der Waals surface area contributed by atoms with Crippen molar-refractivity contribution in [1.29, 1.82) is 0 Å². The molecule has 5 heteroatoms. The van der Waals surface area contributed by atoms with Crippen LogP contribution in [0.4, 0.5) is 0 Å². The second-order valence-corrected chi connectivity index (χ2v) is 3.86. The maximum absolute atomic E-state index is 5.80. The quantitative estimate of drug-likeness (QED) is 0.843. The van der Waals surface area contributed by atoms with Crippen molar-refractivity contribution in [3.05, 3.63) is 52.4 Å². The third-order valence-corrected chi connectivity index (χ3v) is 2.42. The van der Waals surface area contributed by atoms with Gasteiger partial charge in [0.1, 0.15) is 6.61 Å². The van der Waals surface area contributed by atoms with Gasteiger partial charge in [-0.3, -0.25) is 0 Å². The van der Waals surface area contributed by atoms with E-state index in [1.54, 1.807) is 12.1 Å². The SMILES string of the molecule is Clc1ccc(COc2nccnc2Cl)cc1. The molecule has 0 unspecified atom stereocenters. The molecule has 0 aliphatic rings. The topological polar surface area (TPSA) is 35.0 Å². The van der Waals surface area contributed by atoms with E-state index < -0.39 is 0 Å². The van der Waals surface area contributed by atoms with Gasteiger partial charge in [-0.15, -0.1) is 0 Å². The molecule has 0 saturated carbocycles. The van der Waals surface area contributed by atoms with Crippen LogP contribution in [0, 0.1) is 0 Å². The number of rotatable bonds is 3. The zero-order chi connectivity index (χ0) is 11.4. The molecule has 3 nitrogen and oxygen atoms in total. The van der Waals surface area contributed by atoms with Crippen LogP contribution in [-0.2, 0) is 6.61 Å². The van der Waals surface area contributed by atoms with E-state index in [1.165, 1.54) is 12.4 Å². The lowest BCUT2D eigenvalue weighted by Gasteiger charge is -2.05. The lowest BCUT2D eigenvalue weighted by Crippen LogP contribution is -1.98. The molecule has 2 rings (SSSR count). The first-order valence-electron chi connectivity index (χ1n) is 4.59. The molecule has 0 amide bonds. The third-order valence-electron chi connectivity index (χ3n) is 1.91. The van der Waals surface area contributed by atoms with Gasteiger partial charge >= 0.3 is 0 Å². The predicted octanol–water partition coefficient (Wildman–Crippen LogP) is 3.36. The van der Waals surface area contributed by atoms with Gasteiger partial charge in [0.25, 0.3) is 5.88 Å². The van der Waals surface area contributed by atoms with Gasteiger partial charge in [0, 0.05) is 17.4 Å². The summed E-state index contributed by atoms with van der Waals surface area (Å²) in [7, 11) is 0. The first-order valence-corrected chi connectivity index (χ1v) is 5.35. The highest BCUT2D eigenvalue weighted by Gasteiger charge is 2.03. The average molecular weight is 255 g/mol. The van der Waals surface area contributed by atoms with Gasteiger partial charge in [0.2, 0.25) is 0 Å². The molecule has 0 radical (unpaired) electrons. The number of nitrogens with zero attached hydrogens (tertiary/aromatic N) is 2. The fourth-order valence-corrected chi connectivity index (χ4v) is 1.42. The molecule has 0 bridgehead atoms. The van der Waals surface area contributed by atoms with Gasteiger partial charge in [-0.05, 0) is 17.7 Å². The van der Waals surface area contributed by atoms with E-state index in [0.717, 1.165) is 5.56 Å². The summed E-state index contributed by atoms with van der Waals surface area (Å²) >= 11 is 11.6. The lowest BCUT2D eigenvalue weighted by molar-refractivity contribution is 0.292. The summed E-state index contributed by atoms with van der Waals surface area (Å²) in [6.45, 7) is 0.385. The second-order valence-electron chi connectivity index (χ2n) is 3.07. The highest BCUT2D eigenvalue weighted by molar-refractivity contribution is 6.30. The van der Waals surface area contributed by atoms with Gasteiger partial charge in [-0.1, -0.05) is 35.3 Å². The Morgan fingerprint density at radius 1 is 1.00 bits per heavy atom. The minimum atomic E-state index is 0.261. The van der Waals surface area contributed by atoms with Crippen LogP contribution in [0.3, 0.4) is 0 Å². The van der Waals surface area contributed by atoms with Crippen molar-refractivity contribution in [2.45, 2.75) is 6.61 Å². The van der Waals surface area contributed by atoms with Crippen LogP contribution < -0.4 is 4.74 Å². The Morgan fingerprint density at radius 3 is 2.38 bits per heavy atom. The second kappa shape index (κ2) is 5.14. The predicted molar refractivity (Wildman–Crippen MR) is 62.8 cm³/mol. The summed E-state index contributed by atoms with van der Waals surface area (Å²) < 4.78 is 5.41. The maximum atomic E-state index is 5.80. The van der Waals surface area contributed by atoms with E-state index >= 15 is 0 Å². The molecule has 0 aliphatic carbocycles. The van der Waals surface area contributed by atoms with Gasteiger partial charge in [-0.25, -0.2) is 9.97 Å². The zero-order valence-corrected chi connectivity index (χ0v) is 9.74. The van der Waals surface area contributed by atoms with Crippen molar-refractivity contribution in [3.63, 3.8) is 0 Å². The molecular formula is C11H8Cl2N2O. The molecule has 0 N–H and O–H groups in total. The third kappa shape index (κ3) is 2.84. The number of halogens is 2. The van der Waals surface area contributed by atoms with Crippen LogP contribution >= 0.6 is 23.2 Å². The lowest BCUT2D eigenvalue weighted by atomic mass is 10.2. The molecule has 0 saturated heterocycles. The molecule has 2 aromatic rings. The Hall–Kier alpha value is -1.32. The smallest absolute Gasteiger partial charge is 0.252 e. The molecule has 0 aliphatic heterocycles. The summed E-state index contributed by atoms with van der Waals surface area (Å²) in [6, 6.07) is 7.37. The fraction of sp³-hybridized carbons (Fsp3) is 0.0909. The van der Waals surface area contributed by atoms with Crippen LogP contribution in [0.15, 0.2) is 36.7 Å². The first kappa shape index (κ1) is 11.2. The number of aromatic nitrogens is 2. The standard InChI is InChI=1S/C11H8Cl2N2O/c12-9-3-1-8(2-4-9)7-16-11-10(13)14-5-6-15-11/h1-6H,7H2. The minimum absolute atomic E-state index is 0.261. The van der Waals surface area contributed by atoms with Gasteiger partial charge in [0.15, 0.2) is 5.15 Å². The average Bonchev–Trinajstić information content (AvgIpc) is 2.30. The Balaban J connectivity index is 2.02. The van der Waals surface area contributed by atoms with E-state index in [1.807, 2.05) is 12.1 Å². The highest BCUT2D eigenvalue weighted by atomic mass is 35.5. The zero-order valence-electron chi connectivity index (χ0n) is 8.23. The van der Waals surface area contributed by atoms with Crippen molar-refractivity contribution in [3.8, 4) is 5.88 Å². The summed E-state index contributed by atoms with van der Waals surface area (Å²) in [6.07, 6.45) is 3.04. The molecule has 0 fully saturated rings. The van der Waals surface area contributed by atoms with Crippen molar-refractivity contribution < 1.29 is 4.74 Å². The maximum Gasteiger partial charge on any atom is 0.252 e.